The molecule has 0 aromatic rings. The van der Waals surface area contributed by atoms with Crippen molar-refractivity contribution in [1.82, 2.24) is 0 Å². The Hall–Kier alpha value is 0.269. The van der Waals surface area contributed by atoms with Crippen LogP contribution in [0.3, 0.4) is 0 Å². The van der Waals surface area contributed by atoms with Gasteiger partial charge in [0.1, 0.15) is 0 Å². The van der Waals surface area contributed by atoms with Crippen LogP contribution in [0.25, 0.3) is 0 Å². The van der Waals surface area contributed by atoms with Crippen LogP contribution >= 0.6 is 0 Å². The van der Waals surface area contributed by atoms with E-state index < -0.39 is 5.97 Å². The predicted molar refractivity (Wildman–Crippen MR) is 77.0 cm³/mol. The van der Waals surface area contributed by atoms with Crippen LogP contribution < -0.4 is 0 Å². The average molecular weight is 232 g/mol. The molecule has 0 aliphatic heterocycles. The van der Waals surface area contributed by atoms with Crippen molar-refractivity contribution in [2.24, 2.45) is 0 Å². The van der Waals surface area contributed by atoms with Crippen molar-refractivity contribution in [3.05, 3.63) is 0 Å². The molecule has 3 heteroatoms. The number of aliphatic carboxylic acids is 1. The van der Waals surface area contributed by atoms with Gasteiger partial charge in [-0.25, -0.2) is 0 Å². The number of hydrogen-bond donors (Lipinski definition) is 1. The molecule has 0 atom stereocenters. The summed E-state index contributed by atoms with van der Waals surface area (Å²) in [5.41, 5.74) is 0. The minimum absolute atomic E-state index is 0.149. The fourth-order valence-electron chi connectivity index (χ4n) is 1.25. The third-order valence-corrected chi connectivity index (χ3v) is 6.44. The van der Waals surface area contributed by atoms with Crippen molar-refractivity contribution in [3.63, 3.8) is 0 Å². The summed E-state index contributed by atoms with van der Waals surface area (Å²) in [6, 6.07) is 0. The molecule has 0 heterocycles. The fourth-order valence-corrected chi connectivity index (χ4v) is 5.41. The molecule has 0 aliphatic rings. The van der Waals surface area contributed by atoms with Crippen LogP contribution in [0.4, 0.5) is 0 Å². The normalized spacial score (nSPS) is 9.59. The van der Waals surface area contributed by atoms with Crippen molar-refractivity contribution >= 4 is 27.1 Å². The fraction of sp³-hybridized carbons (Fsp3) is 0.929. The van der Waals surface area contributed by atoms with Crippen molar-refractivity contribution in [1.29, 1.82) is 0 Å². The van der Waals surface area contributed by atoms with Gasteiger partial charge in [0.25, 0.3) is 0 Å². The second-order valence-electron chi connectivity index (χ2n) is 4.31. The van der Waals surface area contributed by atoms with Crippen LogP contribution in [0.2, 0.25) is 8.87 Å². The Morgan fingerprint density at radius 2 is 1.35 bits per heavy atom. The summed E-state index contributed by atoms with van der Waals surface area (Å²) in [6.45, 7) is 6.64. The van der Waals surface area contributed by atoms with E-state index in [1.807, 2.05) is 0 Å². The van der Waals surface area contributed by atoms with E-state index in [1.54, 1.807) is 8.87 Å². The van der Waals surface area contributed by atoms with Gasteiger partial charge >= 0.3 is 75.5 Å². The molecule has 0 spiro atoms. The number of hydrogen-bond acceptors (Lipinski definition) is 1. The van der Waals surface area contributed by atoms with Crippen LogP contribution in [0.1, 0.15) is 72.1 Å². The van der Waals surface area contributed by atoms with Crippen LogP contribution in [0.5, 0.6) is 0 Å². The van der Waals surface area contributed by atoms with Gasteiger partial charge in [-0.2, -0.15) is 0 Å². The molecule has 1 N–H and O–H groups in total. The Balaban J connectivity index is 0. The van der Waals surface area contributed by atoms with E-state index >= 15 is 0 Å². The summed E-state index contributed by atoms with van der Waals surface area (Å²) in [4.78, 5) is 9.87. The van der Waals surface area contributed by atoms with Crippen molar-refractivity contribution in [2.45, 2.75) is 81.0 Å². The van der Waals surface area contributed by atoms with E-state index in [-0.39, 0.29) is 21.1 Å². The van der Waals surface area contributed by atoms with Crippen molar-refractivity contribution in [2.75, 3.05) is 0 Å². The second-order valence-corrected chi connectivity index (χ2v) is 8.59. The first-order valence-electron chi connectivity index (χ1n) is 7.11. The third kappa shape index (κ3) is 26.1. The van der Waals surface area contributed by atoms with Crippen LogP contribution in [-0.4, -0.2) is 32.2 Å². The third-order valence-electron chi connectivity index (χ3n) is 2.41. The van der Waals surface area contributed by atoms with Gasteiger partial charge < -0.3 is 5.11 Å². The zero-order valence-corrected chi connectivity index (χ0v) is 14.8. The van der Waals surface area contributed by atoms with E-state index in [0.717, 1.165) is 19.3 Å². The van der Waals surface area contributed by atoms with Crippen molar-refractivity contribution in [3.8, 4) is 0 Å². The molecule has 0 aromatic carbocycles. The second kappa shape index (κ2) is 18.6. The molecule has 0 fully saturated rings. The molecule has 0 saturated carbocycles. The van der Waals surface area contributed by atoms with E-state index in [0.29, 0.717) is 6.42 Å². The Morgan fingerprint density at radius 1 is 0.882 bits per heavy atom. The monoisotopic (exact) mass is 232 g/mol. The summed E-state index contributed by atoms with van der Waals surface area (Å²) >= 11 is 0.149. The summed E-state index contributed by atoms with van der Waals surface area (Å²) in [7, 11) is 0. The van der Waals surface area contributed by atoms with Crippen molar-refractivity contribution < 1.29 is 9.90 Å². The topological polar surface area (TPSA) is 37.3 Å². The molecule has 0 bridgehead atoms. The zero-order chi connectivity index (χ0) is 13.4. The van der Waals surface area contributed by atoms with Gasteiger partial charge in [0.05, 0.1) is 0 Å². The first kappa shape index (κ1) is 19.6. The van der Waals surface area contributed by atoms with Gasteiger partial charge in [0, 0.05) is 6.42 Å². The summed E-state index contributed by atoms with van der Waals surface area (Å²) < 4.78 is 3.25. The standard InChI is InChI=1S/C6H12O2.2C4H9.Sn/c1-2-3-4-5-6(7)8;2*1-3-4-2;/h2-5H2,1H3,(H,7,8);2*1,3-4H2,2H3;/i;;;1+36. The Morgan fingerprint density at radius 3 is 1.71 bits per heavy atom. The van der Waals surface area contributed by atoms with Gasteiger partial charge in [-0.3, -0.25) is 4.79 Å². The quantitative estimate of drug-likeness (QED) is 0.435. The van der Waals surface area contributed by atoms with E-state index in [1.165, 1.54) is 25.7 Å². The molecule has 0 rings (SSSR count). The maximum atomic E-state index is 9.87. The molecule has 0 amide bonds. The maximum absolute atomic E-state index is 9.87. The number of unbranched alkanes of at least 4 members (excludes halogenated alkanes) is 4. The molecule has 0 aromatic heterocycles. The minimum atomic E-state index is -0.682. The van der Waals surface area contributed by atoms with Crippen LogP contribution in [0, 0.1) is 0 Å². The SMILES string of the molecule is CCCCCC(=O)O.CCC[CH2][2Sn][CH2]CCC. The molecular weight excluding hydrogens is 202 g/mol. The Bertz CT molecular complexity index is 143. The number of rotatable bonds is 10. The summed E-state index contributed by atoms with van der Waals surface area (Å²) in [5, 5.41) is 8.14. The van der Waals surface area contributed by atoms with Crippen LogP contribution in [-0.2, 0) is 4.79 Å². The molecular formula is C14H30O2Sn. The van der Waals surface area contributed by atoms with Gasteiger partial charge in [0.2, 0.25) is 0 Å². The average Bonchev–Trinajstić information content (AvgIpc) is 2.30. The zero-order valence-electron chi connectivity index (χ0n) is 11.9. The van der Waals surface area contributed by atoms with Gasteiger partial charge in [0.15, 0.2) is 0 Å². The molecule has 0 aliphatic carbocycles. The molecule has 0 saturated heterocycles. The van der Waals surface area contributed by atoms with Gasteiger partial charge in [-0.1, -0.05) is 19.8 Å². The number of carboxylic acid groups (broad SMARTS) is 1. The molecule has 17 heavy (non-hydrogen) atoms. The van der Waals surface area contributed by atoms with E-state index in [2.05, 4.69) is 20.8 Å². The summed E-state index contributed by atoms with van der Waals surface area (Å²) in [6.07, 6.45) is 9.12. The molecule has 2 nitrogen and oxygen atoms in total. The Kier molecular flexibility index (Phi) is 21.5. The predicted octanol–water partition coefficient (Wildman–Crippen LogP) is 4.78. The number of carbonyl (C=O) groups is 1. The summed E-state index contributed by atoms with van der Waals surface area (Å²) in [5.74, 6) is -0.682. The van der Waals surface area contributed by atoms with E-state index in [9.17, 15) is 4.79 Å². The first-order chi connectivity index (χ1) is 8.18. The molecule has 0 unspecified atom stereocenters. The van der Waals surface area contributed by atoms with Gasteiger partial charge in [-0.15, -0.1) is 0 Å². The number of carboxylic acids is 1. The molecule has 102 valence electrons. The Labute approximate surface area is 118 Å². The van der Waals surface area contributed by atoms with Crippen LogP contribution in [0.15, 0.2) is 0 Å². The van der Waals surface area contributed by atoms with Gasteiger partial charge in [-0.05, 0) is 6.42 Å². The molecule has 2 radical (unpaired) electrons. The van der Waals surface area contributed by atoms with E-state index in [4.69, 9.17) is 5.11 Å². The first-order valence-corrected chi connectivity index (χ1v) is 11.1.